The summed E-state index contributed by atoms with van der Waals surface area (Å²) in [6, 6.07) is 13.2. The number of nitrogens with one attached hydrogen (secondary N) is 1. The number of benzene rings is 2. The zero-order valence-corrected chi connectivity index (χ0v) is 17.9. The van der Waals surface area contributed by atoms with Crippen LogP contribution in [0.15, 0.2) is 53.3 Å². The number of rotatable bonds is 4. The van der Waals surface area contributed by atoms with Crippen molar-refractivity contribution in [1.29, 1.82) is 0 Å². The molecule has 0 saturated heterocycles. The lowest BCUT2D eigenvalue weighted by molar-refractivity contribution is -0.116. The monoisotopic (exact) mass is 418 g/mol. The van der Waals surface area contributed by atoms with Crippen molar-refractivity contribution < 1.29 is 9.18 Å². The van der Waals surface area contributed by atoms with Crippen LogP contribution in [0.1, 0.15) is 22.4 Å². The van der Waals surface area contributed by atoms with E-state index in [-0.39, 0.29) is 18.0 Å². The quantitative estimate of drug-likeness (QED) is 0.540. The van der Waals surface area contributed by atoms with Crippen molar-refractivity contribution in [2.24, 2.45) is 0 Å². The molecule has 0 saturated carbocycles. The third-order valence-electron chi connectivity index (χ3n) is 5.53. The fourth-order valence-corrected chi connectivity index (χ4v) is 3.83. The first-order chi connectivity index (χ1) is 14.8. The number of aryl methyl sites for hydroxylation is 3. The highest BCUT2D eigenvalue weighted by Gasteiger charge is 2.19. The lowest BCUT2D eigenvalue weighted by Gasteiger charge is -2.14. The van der Waals surface area contributed by atoms with Crippen molar-refractivity contribution in [3.05, 3.63) is 87.1 Å². The minimum absolute atomic E-state index is 0.191. The van der Waals surface area contributed by atoms with Gasteiger partial charge in [0.1, 0.15) is 18.0 Å². The first-order valence-corrected chi connectivity index (χ1v) is 9.98. The highest BCUT2D eigenvalue weighted by molar-refractivity contribution is 5.93. The molecule has 0 fully saturated rings. The average Bonchev–Trinajstić information content (AvgIpc) is 3.06. The maximum absolute atomic E-state index is 13.9. The van der Waals surface area contributed by atoms with E-state index in [1.165, 1.54) is 27.4 Å². The van der Waals surface area contributed by atoms with Gasteiger partial charge < -0.3 is 5.32 Å². The molecule has 0 aliphatic rings. The lowest BCUT2D eigenvalue weighted by atomic mass is 10.1. The molecule has 0 bridgehead atoms. The number of halogens is 1. The average molecular weight is 418 g/mol. The largest absolute Gasteiger partial charge is 0.324 e. The van der Waals surface area contributed by atoms with Gasteiger partial charge in [0.25, 0.3) is 5.56 Å². The number of nitrogens with zero attached hydrogens (tertiary/aromatic N) is 3. The topological polar surface area (TPSA) is 68.9 Å². The SMILES string of the molecule is Cc1cccc(NC(=O)Cn2c(=O)cc(C)c3c(C)nn(-c4cccc(F)c4)c32)c1C. The Morgan fingerprint density at radius 3 is 2.52 bits per heavy atom. The van der Waals surface area contributed by atoms with E-state index >= 15 is 0 Å². The normalized spacial score (nSPS) is 11.1. The smallest absolute Gasteiger partial charge is 0.252 e. The molecule has 4 rings (SSSR count). The zero-order valence-electron chi connectivity index (χ0n) is 17.9. The summed E-state index contributed by atoms with van der Waals surface area (Å²) < 4.78 is 16.8. The minimum Gasteiger partial charge on any atom is -0.324 e. The van der Waals surface area contributed by atoms with Gasteiger partial charge in [0.2, 0.25) is 5.91 Å². The van der Waals surface area contributed by atoms with Crippen molar-refractivity contribution in [1.82, 2.24) is 14.3 Å². The molecule has 0 unspecified atom stereocenters. The number of hydrogen-bond donors (Lipinski definition) is 1. The van der Waals surface area contributed by atoms with E-state index in [0.717, 1.165) is 22.1 Å². The summed E-state index contributed by atoms with van der Waals surface area (Å²) in [5.41, 5.74) is 4.81. The summed E-state index contributed by atoms with van der Waals surface area (Å²) >= 11 is 0. The molecule has 1 N–H and O–H groups in total. The summed E-state index contributed by atoms with van der Waals surface area (Å²) in [6.07, 6.45) is 0. The fraction of sp³-hybridized carbons (Fsp3) is 0.208. The third-order valence-corrected chi connectivity index (χ3v) is 5.53. The van der Waals surface area contributed by atoms with Gasteiger partial charge in [0.15, 0.2) is 0 Å². The summed E-state index contributed by atoms with van der Waals surface area (Å²) in [7, 11) is 0. The van der Waals surface area contributed by atoms with Crippen molar-refractivity contribution in [2.75, 3.05) is 5.32 Å². The Morgan fingerprint density at radius 1 is 1.03 bits per heavy atom. The van der Waals surface area contributed by atoms with Crippen LogP contribution in [0.3, 0.4) is 0 Å². The zero-order chi connectivity index (χ0) is 22.3. The molecule has 6 nitrogen and oxygen atoms in total. The van der Waals surface area contributed by atoms with Crippen LogP contribution >= 0.6 is 0 Å². The van der Waals surface area contributed by atoms with Crippen molar-refractivity contribution in [3.63, 3.8) is 0 Å². The first-order valence-electron chi connectivity index (χ1n) is 9.98. The fourth-order valence-electron chi connectivity index (χ4n) is 3.83. The number of carbonyl (C=O) groups excluding carboxylic acids is 1. The number of pyridine rings is 1. The van der Waals surface area contributed by atoms with E-state index in [1.807, 2.05) is 45.9 Å². The second-order valence-electron chi connectivity index (χ2n) is 7.72. The van der Waals surface area contributed by atoms with Crippen LogP contribution < -0.4 is 10.9 Å². The number of carbonyl (C=O) groups is 1. The van der Waals surface area contributed by atoms with Gasteiger partial charge >= 0.3 is 0 Å². The van der Waals surface area contributed by atoms with Crippen LogP contribution in [0.2, 0.25) is 0 Å². The van der Waals surface area contributed by atoms with Gasteiger partial charge in [0.05, 0.1) is 11.4 Å². The summed E-state index contributed by atoms with van der Waals surface area (Å²) in [6.45, 7) is 7.37. The number of anilines is 1. The predicted molar refractivity (Wildman–Crippen MR) is 119 cm³/mol. The molecule has 158 valence electrons. The molecule has 0 radical (unpaired) electrons. The molecular formula is C24H23FN4O2. The Morgan fingerprint density at radius 2 is 1.77 bits per heavy atom. The van der Waals surface area contributed by atoms with E-state index in [0.29, 0.717) is 22.7 Å². The molecule has 0 spiro atoms. The molecular weight excluding hydrogens is 395 g/mol. The van der Waals surface area contributed by atoms with E-state index < -0.39 is 5.82 Å². The molecule has 2 aromatic heterocycles. The van der Waals surface area contributed by atoms with Crippen molar-refractivity contribution in [2.45, 2.75) is 34.2 Å². The molecule has 7 heteroatoms. The number of amides is 1. The molecule has 0 aliphatic heterocycles. The molecule has 2 heterocycles. The number of hydrogen-bond acceptors (Lipinski definition) is 3. The standard InChI is InChI=1S/C24H23FN4O2/c1-14-7-5-10-20(16(14)3)26-21(30)13-28-22(31)11-15(2)23-17(4)27-29(24(23)28)19-9-6-8-18(25)12-19/h5-12H,13H2,1-4H3,(H,26,30). The Bertz CT molecular complexity index is 1380. The Hall–Kier alpha value is -3.74. The van der Waals surface area contributed by atoms with E-state index in [1.54, 1.807) is 12.1 Å². The van der Waals surface area contributed by atoms with Gasteiger partial charge in [0, 0.05) is 17.1 Å². The van der Waals surface area contributed by atoms with Crippen LogP contribution in [0.25, 0.3) is 16.7 Å². The van der Waals surface area contributed by atoms with E-state index in [4.69, 9.17) is 0 Å². The highest BCUT2D eigenvalue weighted by atomic mass is 19.1. The van der Waals surface area contributed by atoms with E-state index in [2.05, 4.69) is 10.4 Å². The molecule has 0 aliphatic carbocycles. The van der Waals surface area contributed by atoms with Gasteiger partial charge in [-0.1, -0.05) is 18.2 Å². The van der Waals surface area contributed by atoms with Crippen molar-refractivity contribution >= 4 is 22.6 Å². The second kappa shape index (κ2) is 7.83. The Balaban J connectivity index is 1.83. The van der Waals surface area contributed by atoms with Crippen LogP contribution in [0.5, 0.6) is 0 Å². The Kier molecular flexibility index (Phi) is 5.19. The van der Waals surface area contributed by atoms with Gasteiger partial charge in [-0.2, -0.15) is 5.10 Å². The van der Waals surface area contributed by atoms with Gasteiger partial charge in [-0.05, 0) is 68.7 Å². The van der Waals surface area contributed by atoms with Crippen LogP contribution in [-0.4, -0.2) is 20.3 Å². The van der Waals surface area contributed by atoms with Gasteiger partial charge in [-0.3, -0.25) is 14.2 Å². The lowest BCUT2D eigenvalue weighted by Crippen LogP contribution is -2.29. The van der Waals surface area contributed by atoms with Gasteiger partial charge in [-0.15, -0.1) is 0 Å². The van der Waals surface area contributed by atoms with Crippen LogP contribution in [-0.2, 0) is 11.3 Å². The number of fused-ring (bicyclic) bond motifs is 1. The molecule has 31 heavy (non-hydrogen) atoms. The van der Waals surface area contributed by atoms with Gasteiger partial charge in [-0.25, -0.2) is 9.07 Å². The summed E-state index contributed by atoms with van der Waals surface area (Å²) in [5, 5.41) is 8.20. The van der Waals surface area contributed by atoms with E-state index in [9.17, 15) is 14.0 Å². The summed E-state index contributed by atoms with van der Waals surface area (Å²) in [5.74, 6) is -0.737. The molecule has 2 aromatic carbocycles. The van der Waals surface area contributed by atoms with Crippen LogP contribution in [0.4, 0.5) is 10.1 Å². The predicted octanol–water partition coefficient (Wildman–Crippen LogP) is 4.20. The Labute approximate surface area is 178 Å². The maximum Gasteiger partial charge on any atom is 0.252 e. The summed E-state index contributed by atoms with van der Waals surface area (Å²) in [4.78, 5) is 25.8. The minimum atomic E-state index is -0.409. The highest BCUT2D eigenvalue weighted by Crippen LogP contribution is 2.24. The molecule has 4 aromatic rings. The molecule has 1 amide bonds. The molecule has 0 atom stereocenters. The second-order valence-corrected chi connectivity index (χ2v) is 7.72. The van der Waals surface area contributed by atoms with Crippen LogP contribution in [0, 0.1) is 33.5 Å². The number of aromatic nitrogens is 3. The van der Waals surface area contributed by atoms with Crippen molar-refractivity contribution in [3.8, 4) is 5.69 Å². The first kappa shape index (κ1) is 20.5. The maximum atomic E-state index is 13.9. The third kappa shape index (κ3) is 3.74.